The first-order valence-electron chi connectivity index (χ1n) is 13.5. The number of benzene rings is 3. The summed E-state index contributed by atoms with van der Waals surface area (Å²) in [5, 5.41) is 22.2. The van der Waals surface area contributed by atoms with Crippen LogP contribution in [-0.2, 0) is 36.9 Å². The molecular weight excluding hydrogens is 551 g/mol. The first-order valence-corrected chi connectivity index (χ1v) is 15.3. The van der Waals surface area contributed by atoms with Crippen LogP contribution in [0.3, 0.4) is 0 Å². The van der Waals surface area contributed by atoms with E-state index in [1.165, 1.54) is 0 Å². The van der Waals surface area contributed by atoms with Gasteiger partial charge in [0.15, 0.2) is 0 Å². The fraction of sp³-hybridized carbons (Fsp3) is 0.206. The number of aliphatic hydroxyl groups is 1. The topological polar surface area (TPSA) is 118 Å². The van der Waals surface area contributed by atoms with Crippen LogP contribution in [0.15, 0.2) is 96.3 Å². The fourth-order valence-corrected chi connectivity index (χ4v) is 7.59. The van der Waals surface area contributed by atoms with Gasteiger partial charge in [-0.3, -0.25) is 4.57 Å². The fourth-order valence-electron chi connectivity index (χ4n) is 5.21. The van der Waals surface area contributed by atoms with Gasteiger partial charge in [0.05, 0.1) is 17.9 Å². The highest BCUT2D eigenvalue weighted by atomic mass is 31.2. The maximum atomic E-state index is 14.6. The number of fused-ring (bicyclic) bond motifs is 3. The molecule has 0 aromatic heterocycles. The summed E-state index contributed by atoms with van der Waals surface area (Å²) < 4.78 is 20.8. The minimum atomic E-state index is -3.57. The monoisotopic (exact) mass is 584 g/mol. The van der Waals surface area contributed by atoms with Crippen LogP contribution in [0.5, 0.6) is 11.5 Å². The van der Waals surface area contributed by atoms with Gasteiger partial charge in [0.25, 0.3) is 7.37 Å². The molecule has 1 aliphatic heterocycles. The summed E-state index contributed by atoms with van der Waals surface area (Å²) in [7, 11) is -3.57. The molecule has 0 saturated heterocycles. The largest absolute Gasteiger partial charge is 0.512 e. The third-order valence-corrected chi connectivity index (χ3v) is 9.96. The molecule has 1 unspecified atom stereocenters. The van der Waals surface area contributed by atoms with Gasteiger partial charge in [-0.1, -0.05) is 81.1 Å². The first-order chi connectivity index (χ1) is 20.1. The van der Waals surface area contributed by atoms with Crippen molar-refractivity contribution in [3.63, 3.8) is 0 Å². The molecule has 0 radical (unpaired) electrons. The molecule has 2 N–H and O–H groups in total. The summed E-state index contributed by atoms with van der Waals surface area (Å²) in [5.74, 6) is 0.142. The van der Waals surface area contributed by atoms with Gasteiger partial charge in [0, 0.05) is 34.9 Å². The summed E-state index contributed by atoms with van der Waals surface area (Å²) in [4.78, 5) is 33.9. The molecule has 0 aliphatic carbocycles. The molecule has 1 heterocycles. The van der Waals surface area contributed by atoms with Crippen LogP contribution in [0.2, 0.25) is 0 Å². The van der Waals surface area contributed by atoms with Crippen LogP contribution in [0.1, 0.15) is 43.4 Å². The molecule has 3 aromatic carbocycles. The van der Waals surface area contributed by atoms with Gasteiger partial charge in [-0.05, 0) is 34.4 Å². The Kier molecular flexibility index (Phi) is 9.13. The Labute approximate surface area is 245 Å². The lowest BCUT2D eigenvalue weighted by atomic mass is 9.75. The van der Waals surface area contributed by atoms with Gasteiger partial charge in [-0.25, -0.2) is 0 Å². The lowest BCUT2D eigenvalue weighted by Crippen LogP contribution is -2.22. The van der Waals surface area contributed by atoms with Crippen molar-refractivity contribution < 1.29 is 33.7 Å². The summed E-state index contributed by atoms with van der Waals surface area (Å²) in [6, 6.07) is 18.1. The third kappa shape index (κ3) is 5.93. The van der Waals surface area contributed by atoms with E-state index in [1.54, 1.807) is 42.5 Å². The van der Waals surface area contributed by atoms with Crippen LogP contribution < -0.4 is 9.83 Å². The smallest absolute Gasteiger partial charge is 0.282 e. The molecule has 8 heteroatoms. The second kappa shape index (κ2) is 12.6. The van der Waals surface area contributed by atoms with Crippen molar-refractivity contribution in [1.82, 2.24) is 0 Å². The summed E-state index contributed by atoms with van der Waals surface area (Å²) >= 11 is 0. The van der Waals surface area contributed by atoms with Gasteiger partial charge >= 0.3 is 0 Å². The van der Waals surface area contributed by atoms with Gasteiger partial charge in [0.2, 0.25) is 0 Å². The van der Waals surface area contributed by atoms with Crippen LogP contribution in [0.25, 0.3) is 11.1 Å². The van der Waals surface area contributed by atoms with Crippen LogP contribution >= 0.6 is 7.37 Å². The predicted molar refractivity (Wildman–Crippen MR) is 164 cm³/mol. The quantitative estimate of drug-likeness (QED) is 0.106. The Hall–Kier alpha value is -4.48. The predicted octanol–water partition coefficient (Wildman–Crippen LogP) is 6.68. The van der Waals surface area contributed by atoms with Crippen molar-refractivity contribution in [2.75, 3.05) is 0 Å². The lowest BCUT2D eigenvalue weighted by Gasteiger charge is -2.31. The molecule has 1 atom stereocenters. The molecule has 0 bridgehead atoms. The molecule has 0 amide bonds. The van der Waals surface area contributed by atoms with E-state index in [0.717, 1.165) is 11.1 Å². The third-order valence-electron chi connectivity index (χ3n) is 7.59. The molecule has 0 spiro atoms. The van der Waals surface area contributed by atoms with E-state index in [-0.39, 0.29) is 42.5 Å². The average Bonchev–Trinajstić information content (AvgIpc) is 2.97. The number of aromatic hydroxyl groups is 1. The number of carbonyl (C=O) groups excluding carboxylic acids is 3. The normalized spacial score (nSPS) is 16.8. The molecular formula is C34H33O7P. The Morgan fingerprint density at radius 2 is 1.57 bits per heavy atom. The highest BCUT2D eigenvalue weighted by Crippen LogP contribution is 2.57. The van der Waals surface area contributed by atoms with Crippen molar-refractivity contribution in [3.8, 4) is 22.6 Å². The van der Waals surface area contributed by atoms with E-state index in [9.17, 15) is 29.2 Å². The summed E-state index contributed by atoms with van der Waals surface area (Å²) in [6.07, 6.45) is 4.54. The van der Waals surface area contributed by atoms with E-state index in [1.807, 2.05) is 44.2 Å². The van der Waals surface area contributed by atoms with Crippen molar-refractivity contribution in [3.05, 3.63) is 113 Å². The maximum Gasteiger partial charge on any atom is 0.282 e. The van der Waals surface area contributed by atoms with Gasteiger partial charge in [0.1, 0.15) is 36.1 Å². The number of hydrogen-bond acceptors (Lipinski definition) is 7. The van der Waals surface area contributed by atoms with Crippen molar-refractivity contribution in [2.45, 2.75) is 44.7 Å². The van der Waals surface area contributed by atoms with E-state index < -0.39 is 12.8 Å². The van der Waals surface area contributed by atoms with Crippen molar-refractivity contribution in [2.24, 2.45) is 0 Å². The summed E-state index contributed by atoms with van der Waals surface area (Å²) in [6.45, 7) is 7.70. The number of allylic oxidation sites excluding steroid dienone is 5. The number of phenolic OH excluding ortho intramolecular Hbond substituents is 1. The lowest BCUT2D eigenvalue weighted by molar-refractivity contribution is -0.108. The van der Waals surface area contributed by atoms with Crippen LogP contribution in [-0.4, -0.2) is 29.1 Å². The molecule has 7 nitrogen and oxygen atoms in total. The number of phenols is 1. The number of para-hydroxylation sites is 1. The van der Waals surface area contributed by atoms with Crippen molar-refractivity contribution >= 4 is 31.5 Å². The van der Waals surface area contributed by atoms with E-state index in [4.69, 9.17) is 4.52 Å². The van der Waals surface area contributed by atoms with E-state index in [0.29, 0.717) is 52.2 Å². The Balaban J connectivity index is 1.86. The van der Waals surface area contributed by atoms with E-state index >= 15 is 0 Å². The molecule has 1 aliphatic rings. The number of aliphatic hydroxyl groups excluding tert-OH is 1. The number of carbonyl (C=O) groups is 3. The second-order valence-corrected chi connectivity index (χ2v) is 12.9. The van der Waals surface area contributed by atoms with Gasteiger partial charge in [-0.2, -0.15) is 0 Å². The van der Waals surface area contributed by atoms with Crippen molar-refractivity contribution in [1.29, 1.82) is 0 Å². The molecule has 216 valence electrons. The standard InChI is InChI=1S/C34H33O7P/c1-4-26(19-23(13-16-35)30(38)15-18-37)34(2,3)27-20-24(14-17-36)33(39)25(21-27)22-42(40)32-12-8-6-10-29(32)28-9-5-7-11-31(28)41-42/h4-12,16-21,38-39H,1,13-15,22H2,2-3H3/b26-19+,30-23+. The van der Waals surface area contributed by atoms with Gasteiger partial charge in [-0.15, -0.1) is 0 Å². The SMILES string of the molecule is C=C/C(=C\C(CC=O)=C(\O)CC=O)C(C)(C)c1cc(CC=O)c(O)c(CP2(=O)Oc3ccccc3-c3ccccc32)c1. The number of rotatable bonds is 12. The van der Waals surface area contributed by atoms with Gasteiger partial charge < -0.3 is 29.1 Å². The minimum absolute atomic E-state index is 0.0725. The zero-order chi connectivity index (χ0) is 30.5. The van der Waals surface area contributed by atoms with Crippen LogP contribution in [0.4, 0.5) is 0 Å². The number of aldehydes is 3. The zero-order valence-corrected chi connectivity index (χ0v) is 24.5. The molecule has 0 fully saturated rings. The maximum absolute atomic E-state index is 14.6. The highest BCUT2D eigenvalue weighted by Gasteiger charge is 2.37. The Morgan fingerprint density at radius 3 is 2.24 bits per heavy atom. The zero-order valence-electron chi connectivity index (χ0n) is 23.6. The number of hydrogen-bond donors (Lipinski definition) is 2. The molecule has 3 aromatic rings. The Morgan fingerprint density at radius 1 is 0.929 bits per heavy atom. The Bertz CT molecular complexity index is 1660. The molecule has 0 saturated carbocycles. The van der Waals surface area contributed by atoms with Crippen LogP contribution in [0, 0.1) is 0 Å². The summed E-state index contributed by atoms with van der Waals surface area (Å²) in [5.41, 5.74) is 3.10. The van der Waals surface area contributed by atoms with E-state index in [2.05, 4.69) is 6.58 Å². The molecule has 4 rings (SSSR count). The first kappa shape index (κ1) is 30.5. The average molecular weight is 585 g/mol. The highest BCUT2D eigenvalue weighted by molar-refractivity contribution is 7.67. The second-order valence-electron chi connectivity index (χ2n) is 10.6. The molecule has 42 heavy (non-hydrogen) atoms. The minimum Gasteiger partial charge on any atom is -0.512 e.